The Balaban J connectivity index is 1.60. The first-order valence-corrected chi connectivity index (χ1v) is 6.47. The number of benzene rings is 1. The van der Waals surface area contributed by atoms with Crippen LogP contribution in [-0.4, -0.2) is 10.9 Å². The first-order valence-electron chi connectivity index (χ1n) is 6.47. The predicted octanol–water partition coefficient (Wildman–Crippen LogP) is 1.89. The average molecular weight is 255 g/mol. The molecule has 1 amide bonds. The minimum Gasteiger partial charge on any atom is -0.367 e. The van der Waals surface area contributed by atoms with Crippen molar-refractivity contribution in [3.63, 3.8) is 0 Å². The Bertz CT molecular complexity index is 568. The van der Waals surface area contributed by atoms with E-state index in [0.29, 0.717) is 12.1 Å². The normalized spacial score (nSPS) is 16.1. The van der Waals surface area contributed by atoms with Crippen molar-refractivity contribution in [2.24, 2.45) is 5.73 Å². The van der Waals surface area contributed by atoms with E-state index in [2.05, 4.69) is 22.4 Å². The van der Waals surface area contributed by atoms with E-state index in [1.54, 1.807) is 18.5 Å². The number of nitrogens with two attached hydrogens (primary N) is 1. The van der Waals surface area contributed by atoms with E-state index in [9.17, 15) is 4.79 Å². The Kier molecular flexibility index (Phi) is 2.87. The smallest absolute Gasteiger partial charge is 0.253 e. The molecule has 1 fully saturated rings. The van der Waals surface area contributed by atoms with Crippen molar-refractivity contribution in [3.8, 4) is 0 Å². The highest BCUT2D eigenvalue weighted by Gasteiger charge is 2.39. The highest BCUT2D eigenvalue weighted by Crippen LogP contribution is 2.42. The number of H-pyrrole nitrogens is 1. The quantitative estimate of drug-likeness (QED) is 0.780. The van der Waals surface area contributed by atoms with E-state index in [1.807, 2.05) is 12.1 Å². The average Bonchev–Trinajstić information content (AvgIpc) is 2.96. The van der Waals surface area contributed by atoms with Gasteiger partial charge in [0.05, 0.1) is 5.56 Å². The lowest BCUT2D eigenvalue weighted by molar-refractivity contribution is 0.0951. The number of hydrogen-bond acceptors (Lipinski definition) is 2. The molecule has 0 unspecified atom stereocenters. The second-order valence-electron chi connectivity index (χ2n) is 5.14. The molecular formula is C15H17N3O. The van der Waals surface area contributed by atoms with Crippen LogP contribution in [0.1, 0.15) is 34.3 Å². The molecule has 1 aromatic carbocycles. The van der Waals surface area contributed by atoms with Gasteiger partial charge in [0, 0.05) is 24.5 Å². The zero-order chi connectivity index (χ0) is 13.3. The zero-order valence-electron chi connectivity index (χ0n) is 10.6. The summed E-state index contributed by atoms with van der Waals surface area (Å²) in [7, 11) is 0. The Hall–Kier alpha value is -2.07. The van der Waals surface area contributed by atoms with Crippen molar-refractivity contribution in [3.05, 3.63) is 59.4 Å². The van der Waals surface area contributed by atoms with Crippen molar-refractivity contribution in [2.75, 3.05) is 0 Å². The third-order valence-electron chi connectivity index (χ3n) is 3.63. The fraction of sp³-hybridized carbons (Fsp3) is 0.267. The third kappa shape index (κ3) is 2.53. The Labute approximate surface area is 112 Å². The lowest BCUT2D eigenvalue weighted by Crippen LogP contribution is -2.22. The molecule has 4 N–H and O–H groups in total. The standard InChI is InChI=1S/C15H17N3O/c16-15(6-7-15)13-3-1-11(2-4-13)9-18-14(19)12-5-8-17-10-12/h1-5,8,10,17H,6-7,9,16H2,(H,18,19). The Morgan fingerprint density at radius 2 is 2.00 bits per heavy atom. The molecule has 0 spiro atoms. The summed E-state index contributed by atoms with van der Waals surface area (Å²) in [6.07, 6.45) is 5.55. The molecule has 0 aliphatic heterocycles. The molecule has 1 aliphatic rings. The third-order valence-corrected chi connectivity index (χ3v) is 3.63. The molecule has 4 heteroatoms. The molecule has 0 radical (unpaired) electrons. The number of hydrogen-bond donors (Lipinski definition) is 3. The maximum Gasteiger partial charge on any atom is 0.253 e. The van der Waals surface area contributed by atoms with Gasteiger partial charge >= 0.3 is 0 Å². The summed E-state index contributed by atoms with van der Waals surface area (Å²) in [6.45, 7) is 0.530. The molecular weight excluding hydrogens is 238 g/mol. The molecule has 98 valence electrons. The molecule has 19 heavy (non-hydrogen) atoms. The van der Waals surface area contributed by atoms with E-state index in [0.717, 1.165) is 18.4 Å². The lowest BCUT2D eigenvalue weighted by atomic mass is 10.0. The van der Waals surface area contributed by atoms with Crippen LogP contribution in [-0.2, 0) is 12.1 Å². The van der Waals surface area contributed by atoms with Gasteiger partial charge in [0.25, 0.3) is 5.91 Å². The van der Waals surface area contributed by atoms with Crippen LogP contribution in [0.2, 0.25) is 0 Å². The van der Waals surface area contributed by atoms with Gasteiger partial charge in [-0.2, -0.15) is 0 Å². The fourth-order valence-electron chi connectivity index (χ4n) is 2.13. The van der Waals surface area contributed by atoms with Gasteiger partial charge in [0.1, 0.15) is 0 Å². The van der Waals surface area contributed by atoms with Crippen LogP contribution in [0.15, 0.2) is 42.7 Å². The summed E-state index contributed by atoms with van der Waals surface area (Å²) in [5.74, 6) is -0.0668. The van der Waals surface area contributed by atoms with Crippen LogP contribution in [0, 0.1) is 0 Å². The molecule has 1 aliphatic carbocycles. The van der Waals surface area contributed by atoms with Gasteiger partial charge in [-0.15, -0.1) is 0 Å². The van der Waals surface area contributed by atoms with Crippen LogP contribution in [0.3, 0.4) is 0 Å². The van der Waals surface area contributed by atoms with Gasteiger partial charge in [0.2, 0.25) is 0 Å². The van der Waals surface area contributed by atoms with Gasteiger partial charge in [0.15, 0.2) is 0 Å². The fourth-order valence-corrected chi connectivity index (χ4v) is 2.13. The van der Waals surface area contributed by atoms with Crippen LogP contribution >= 0.6 is 0 Å². The first-order chi connectivity index (χ1) is 9.17. The van der Waals surface area contributed by atoms with Gasteiger partial charge in [-0.3, -0.25) is 4.79 Å². The van der Waals surface area contributed by atoms with Crippen LogP contribution in [0.4, 0.5) is 0 Å². The number of aromatic amines is 1. The number of nitrogens with one attached hydrogen (secondary N) is 2. The van der Waals surface area contributed by atoms with Crippen molar-refractivity contribution >= 4 is 5.91 Å². The van der Waals surface area contributed by atoms with E-state index < -0.39 is 0 Å². The summed E-state index contributed by atoms with van der Waals surface area (Å²) >= 11 is 0. The minimum atomic E-state index is -0.0904. The number of aromatic nitrogens is 1. The van der Waals surface area contributed by atoms with E-state index >= 15 is 0 Å². The van der Waals surface area contributed by atoms with Gasteiger partial charge in [-0.05, 0) is 30.0 Å². The number of rotatable bonds is 4. The summed E-state index contributed by atoms with van der Waals surface area (Å²) < 4.78 is 0. The molecule has 3 rings (SSSR count). The summed E-state index contributed by atoms with van der Waals surface area (Å²) in [5.41, 5.74) is 8.96. The molecule has 4 nitrogen and oxygen atoms in total. The van der Waals surface area contributed by atoms with E-state index in [-0.39, 0.29) is 11.4 Å². The molecule has 1 heterocycles. The van der Waals surface area contributed by atoms with E-state index in [4.69, 9.17) is 5.73 Å². The second-order valence-corrected chi connectivity index (χ2v) is 5.14. The molecule has 0 bridgehead atoms. The van der Waals surface area contributed by atoms with Crippen LogP contribution in [0.25, 0.3) is 0 Å². The number of carbonyl (C=O) groups excluding carboxylic acids is 1. The van der Waals surface area contributed by atoms with Crippen molar-refractivity contribution in [1.82, 2.24) is 10.3 Å². The molecule has 1 saturated carbocycles. The minimum absolute atomic E-state index is 0.0668. The van der Waals surface area contributed by atoms with Crippen LogP contribution in [0.5, 0.6) is 0 Å². The van der Waals surface area contributed by atoms with Gasteiger partial charge in [-0.25, -0.2) is 0 Å². The molecule has 1 aromatic heterocycles. The maximum atomic E-state index is 11.8. The number of amides is 1. The van der Waals surface area contributed by atoms with Gasteiger partial charge in [-0.1, -0.05) is 24.3 Å². The Morgan fingerprint density at radius 3 is 2.58 bits per heavy atom. The van der Waals surface area contributed by atoms with Gasteiger partial charge < -0.3 is 16.0 Å². The Morgan fingerprint density at radius 1 is 1.26 bits per heavy atom. The van der Waals surface area contributed by atoms with Crippen molar-refractivity contribution in [1.29, 1.82) is 0 Å². The largest absolute Gasteiger partial charge is 0.367 e. The topological polar surface area (TPSA) is 70.9 Å². The highest BCUT2D eigenvalue weighted by molar-refractivity contribution is 5.93. The monoisotopic (exact) mass is 255 g/mol. The highest BCUT2D eigenvalue weighted by atomic mass is 16.1. The SMILES string of the molecule is NC1(c2ccc(CNC(=O)c3cc[nH]c3)cc2)CC1. The van der Waals surface area contributed by atoms with Crippen LogP contribution < -0.4 is 11.1 Å². The molecule has 2 aromatic rings. The van der Waals surface area contributed by atoms with Crippen molar-refractivity contribution < 1.29 is 4.79 Å². The number of carbonyl (C=O) groups is 1. The maximum absolute atomic E-state index is 11.8. The molecule has 0 saturated heterocycles. The molecule has 0 atom stereocenters. The van der Waals surface area contributed by atoms with E-state index in [1.165, 1.54) is 5.56 Å². The van der Waals surface area contributed by atoms with Crippen molar-refractivity contribution in [2.45, 2.75) is 24.9 Å². The second kappa shape index (κ2) is 4.55. The predicted molar refractivity (Wildman–Crippen MR) is 73.5 cm³/mol. The summed E-state index contributed by atoms with van der Waals surface area (Å²) in [4.78, 5) is 14.6. The zero-order valence-corrected chi connectivity index (χ0v) is 10.6. The summed E-state index contributed by atoms with van der Waals surface area (Å²) in [6, 6.07) is 9.93. The summed E-state index contributed by atoms with van der Waals surface area (Å²) in [5, 5.41) is 2.88. The lowest BCUT2D eigenvalue weighted by Gasteiger charge is -2.10. The first kappa shape index (κ1) is 12.0.